The molecule has 3 aromatic rings. The van der Waals surface area contributed by atoms with Gasteiger partial charge >= 0.3 is 5.69 Å². The number of ether oxygens (including phenoxy) is 1. The second-order valence-corrected chi connectivity index (χ2v) is 5.36. The van der Waals surface area contributed by atoms with Crippen molar-refractivity contribution in [1.82, 2.24) is 19.8 Å². The predicted molar refractivity (Wildman–Crippen MR) is 92.0 cm³/mol. The van der Waals surface area contributed by atoms with E-state index in [0.717, 1.165) is 10.2 Å². The van der Waals surface area contributed by atoms with Gasteiger partial charge in [-0.2, -0.15) is 9.36 Å². The fourth-order valence-electron chi connectivity index (χ4n) is 2.46. The van der Waals surface area contributed by atoms with Gasteiger partial charge in [-0.15, -0.1) is 0 Å². The van der Waals surface area contributed by atoms with Crippen LogP contribution in [0.15, 0.2) is 53.3 Å². The second kappa shape index (κ2) is 7.12. The van der Waals surface area contributed by atoms with E-state index in [4.69, 9.17) is 4.74 Å². The molecule has 0 saturated heterocycles. The molecule has 1 heterocycles. The maximum atomic E-state index is 13.8. The maximum absolute atomic E-state index is 13.8. The minimum Gasteiger partial charge on any atom is -0.486 e. The van der Waals surface area contributed by atoms with Crippen molar-refractivity contribution in [2.45, 2.75) is 13.5 Å². The Morgan fingerprint density at radius 1 is 1.16 bits per heavy atom. The first-order chi connectivity index (χ1) is 12.1. The van der Waals surface area contributed by atoms with Crippen molar-refractivity contribution in [2.75, 3.05) is 0 Å². The number of benzene rings is 2. The largest absolute Gasteiger partial charge is 0.486 e. The molecular formula is C18H17FN4O2. The Balaban J connectivity index is 2.05. The van der Waals surface area contributed by atoms with Crippen LogP contribution >= 0.6 is 0 Å². The summed E-state index contributed by atoms with van der Waals surface area (Å²) in [7, 11) is 1.52. The summed E-state index contributed by atoms with van der Waals surface area (Å²) in [6.45, 7) is 1.97. The molecule has 0 aliphatic heterocycles. The van der Waals surface area contributed by atoms with Gasteiger partial charge in [0, 0.05) is 12.6 Å². The Bertz CT molecular complexity index is 975. The molecule has 1 aromatic heterocycles. The summed E-state index contributed by atoms with van der Waals surface area (Å²) in [5, 5.41) is 7.62. The molecule has 0 fully saturated rings. The van der Waals surface area contributed by atoms with Gasteiger partial charge in [0.1, 0.15) is 6.61 Å². The number of tetrazole rings is 1. The first-order valence-electron chi connectivity index (χ1n) is 7.73. The molecule has 0 N–H and O–H groups in total. The summed E-state index contributed by atoms with van der Waals surface area (Å²) in [6, 6.07) is 11.7. The monoisotopic (exact) mass is 340 g/mol. The molecule has 0 spiro atoms. The van der Waals surface area contributed by atoms with Crippen molar-refractivity contribution in [3.63, 3.8) is 0 Å². The smallest absolute Gasteiger partial charge is 0.368 e. The molecule has 0 aliphatic rings. The summed E-state index contributed by atoms with van der Waals surface area (Å²) in [5.74, 6) is -0.292. The molecule has 0 amide bonds. The molecule has 0 radical (unpaired) electrons. The van der Waals surface area contributed by atoms with E-state index in [1.54, 1.807) is 24.3 Å². The quantitative estimate of drug-likeness (QED) is 0.716. The van der Waals surface area contributed by atoms with E-state index in [1.165, 1.54) is 17.8 Å². The van der Waals surface area contributed by atoms with Crippen molar-refractivity contribution in [1.29, 1.82) is 0 Å². The summed E-state index contributed by atoms with van der Waals surface area (Å²) in [5.41, 5.74) is 1.75. The molecule has 3 rings (SSSR count). The van der Waals surface area contributed by atoms with Crippen molar-refractivity contribution >= 4 is 6.08 Å². The lowest BCUT2D eigenvalue weighted by Crippen LogP contribution is -2.23. The fraction of sp³-hybridized carbons (Fsp3) is 0.167. The van der Waals surface area contributed by atoms with Gasteiger partial charge in [-0.25, -0.2) is 9.18 Å². The zero-order chi connectivity index (χ0) is 17.8. The zero-order valence-electron chi connectivity index (χ0n) is 13.9. The highest BCUT2D eigenvalue weighted by atomic mass is 19.1. The summed E-state index contributed by atoms with van der Waals surface area (Å²) in [6.07, 6.45) is 3.77. The van der Waals surface area contributed by atoms with Crippen LogP contribution in [-0.4, -0.2) is 19.8 Å². The van der Waals surface area contributed by atoms with Gasteiger partial charge in [-0.05, 0) is 41.1 Å². The average Bonchev–Trinajstić information content (AvgIpc) is 2.94. The minimum absolute atomic E-state index is 0.0831. The fourth-order valence-corrected chi connectivity index (χ4v) is 2.46. The molecule has 0 atom stereocenters. The topological polar surface area (TPSA) is 61.9 Å². The van der Waals surface area contributed by atoms with Gasteiger partial charge in [-0.1, -0.05) is 36.4 Å². The van der Waals surface area contributed by atoms with Gasteiger partial charge in [0.05, 0.1) is 5.69 Å². The van der Waals surface area contributed by atoms with E-state index >= 15 is 0 Å². The number of aryl methyl sites for hydroxylation is 1. The molecular weight excluding hydrogens is 323 g/mol. The lowest BCUT2D eigenvalue weighted by atomic mass is 10.1. The molecule has 0 aliphatic carbocycles. The van der Waals surface area contributed by atoms with E-state index in [0.29, 0.717) is 11.3 Å². The second-order valence-electron chi connectivity index (χ2n) is 5.36. The highest BCUT2D eigenvalue weighted by Gasteiger charge is 2.15. The highest BCUT2D eigenvalue weighted by molar-refractivity contribution is 5.59. The highest BCUT2D eigenvalue weighted by Crippen LogP contribution is 2.23. The first-order valence-corrected chi connectivity index (χ1v) is 7.73. The van der Waals surface area contributed by atoms with Gasteiger partial charge in [0.15, 0.2) is 11.6 Å². The van der Waals surface area contributed by atoms with Gasteiger partial charge in [0.2, 0.25) is 0 Å². The van der Waals surface area contributed by atoms with Gasteiger partial charge in [0.25, 0.3) is 0 Å². The number of aromatic nitrogens is 4. The predicted octanol–water partition coefficient (Wildman–Crippen LogP) is 2.72. The Morgan fingerprint density at radius 2 is 1.96 bits per heavy atom. The number of allylic oxidation sites excluding steroid dienone is 1. The summed E-state index contributed by atoms with van der Waals surface area (Å²) >= 11 is 0. The van der Waals surface area contributed by atoms with Crippen LogP contribution in [0.25, 0.3) is 11.8 Å². The molecule has 0 unspecified atom stereocenters. The third kappa shape index (κ3) is 3.35. The van der Waals surface area contributed by atoms with Crippen LogP contribution < -0.4 is 10.4 Å². The van der Waals surface area contributed by atoms with Crippen LogP contribution in [0, 0.1) is 5.82 Å². The van der Waals surface area contributed by atoms with Crippen LogP contribution in [0.3, 0.4) is 0 Å². The lowest BCUT2D eigenvalue weighted by molar-refractivity contribution is 0.289. The van der Waals surface area contributed by atoms with Gasteiger partial charge in [-0.3, -0.25) is 0 Å². The molecule has 128 valence electrons. The Labute approximate surface area is 143 Å². The third-order valence-corrected chi connectivity index (χ3v) is 3.69. The number of hydrogen-bond donors (Lipinski definition) is 0. The molecule has 0 bridgehead atoms. The number of halogens is 1. The number of hydrogen-bond acceptors (Lipinski definition) is 4. The van der Waals surface area contributed by atoms with E-state index in [9.17, 15) is 9.18 Å². The maximum Gasteiger partial charge on any atom is 0.368 e. The molecule has 7 heteroatoms. The number of nitrogens with zero attached hydrogens (tertiary/aromatic N) is 4. The van der Waals surface area contributed by atoms with E-state index in [2.05, 4.69) is 10.4 Å². The van der Waals surface area contributed by atoms with Crippen LogP contribution in [0.5, 0.6) is 5.75 Å². The van der Waals surface area contributed by atoms with E-state index in [-0.39, 0.29) is 18.0 Å². The van der Waals surface area contributed by atoms with Crippen molar-refractivity contribution in [3.05, 3.63) is 76.0 Å². The van der Waals surface area contributed by atoms with Crippen LogP contribution in [0.1, 0.15) is 18.1 Å². The molecule has 0 saturated carbocycles. The lowest BCUT2D eigenvalue weighted by Gasteiger charge is -2.13. The normalized spacial score (nSPS) is 11.2. The van der Waals surface area contributed by atoms with Crippen molar-refractivity contribution in [2.24, 2.45) is 7.05 Å². The zero-order valence-corrected chi connectivity index (χ0v) is 13.9. The SMILES string of the molecule is C/C=C/c1cccc(-n2nnn(C)c2=O)c1COc1ccccc1F. The van der Waals surface area contributed by atoms with Crippen LogP contribution in [-0.2, 0) is 13.7 Å². The minimum atomic E-state index is -0.441. The number of rotatable bonds is 5. The standard InChI is InChI=1S/C18H17FN4O2/c1-3-7-13-8-6-10-16(23-18(24)22(2)20-21-23)14(13)12-25-17-11-5-4-9-15(17)19/h3-11H,12H2,1-2H3/b7-3+. The summed E-state index contributed by atoms with van der Waals surface area (Å²) in [4.78, 5) is 12.2. The van der Waals surface area contributed by atoms with E-state index < -0.39 is 5.82 Å². The van der Waals surface area contributed by atoms with Crippen LogP contribution in [0.2, 0.25) is 0 Å². The third-order valence-electron chi connectivity index (χ3n) is 3.69. The van der Waals surface area contributed by atoms with Crippen molar-refractivity contribution in [3.8, 4) is 11.4 Å². The Hall–Kier alpha value is -3.22. The molecule has 6 nitrogen and oxygen atoms in total. The van der Waals surface area contributed by atoms with Gasteiger partial charge < -0.3 is 4.74 Å². The first kappa shape index (κ1) is 16.6. The van der Waals surface area contributed by atoms with E-state index in [1.807, 2.05) is 31.2 Å². The Kier molecular flexibility index (Phi) is 4.74. The molecule has 25 heavy (non-hydrogen) atoms. The van der Waals surface area contributed by atoms with Crippen LogP contribution in [0.4, 0.5) is 4.39 Å². The Morgan fingerprint density at radius 3 is 2.64 bits per heavy atom. The summed E-state index contributed by atoms with van der Waals surface area (Å²) < 4.78 is 21.8. The number of para-hydroxylation sites is 1. The average molecular weight is 340 g/mol. The molecule has 2 aromatic carbocycles. The van der Waals surface area contributed by atoms with Crippen molar-refractivity contribution < 1.29 is 9.13 Å².